The third-order valence-corrected chi connectivity index (χ3v) is 6.80. The minimum absolute atomic E-state index is 0.152. The fourth-order valence-corrected chi connectivity index (χ4v) is 3.73. The number of unbranched alkanes of at least 4 members (excludes halogenated alkanes) is 1. The topological polar surface area (TPSA) is 96.0 Å². The molecule has 1 atom stereocenters. The Labute approximate surface area is 202 Å². The van der Waals surface area contributed by atoms with Gasteiger partial charge in [-0.15, -0.1) is 0 Å². The van der Waals surface area contributed by atoms with E-state index in [1.54, 1.807) is 19.2 Å². The predicted octanol–water partition coefficient (Wildman–Crippen LogP) is 2.44. The van der Waals surface area contributed by atoms with Crippen LogP contribution < -0.4 is 10.1 Å². The van der Waals surface area contributed by atoms with Crippen molar-refractivity contribution in [3.8, 4) is 5.75 Å². The Bertz CT molecular complexity index is 1030. The number of nitrogens with one attached hydrogen (secondary N) is 1. The maximum Gasteiger partial charge on any atom is 0.243 e. The van der Waals surface area contributed by atoms with Crippen molar-refractivity contribution < 1.29 is 22.7 Å². The number of rotatable bonds is 13. The normalized spacial score (nSPS) is 12.3. The van der Waals surface area contributed by atoms with Gasteiger partial charge in [-0.1, -0.05) is 55.8 Å². The molecule has 8 nitrogen and oxygen atoms in total. The second-order valence-electron chi connectivity index (χ2n) is 8.24. The summed E-state index contributed by atoms with van der Waals surface area (Å²) in [4.78, 5) is 28.2. The number of nitrogens with zero attached hydrogens (tertiary/aromatic N) is 2. The van der Waals surface area contributed by atoms with Crippen LogP contribution >= 0.6 is 0 Å². The van der Waals surface area contributed by atoms with Crippen LogP contribution in [0.2, 0.25) is 0 Å². The molecule has 0 heterocycles. The van der Waals surface area contributed by atoms with Crippen LogP contribution in [0.5, 0.6) is 5.75 Å². The first-order chi connectivity index (χ1) is 16.2. The second-order valence-corrected chi connectivity index (χ2v) is 10.3. The molecule has 186 valence electrons. The van der Waals surface area contributed by atoms with E-state index in [1.807, 2.05) is 49.4 Å². The average Bonchev–Trinajstić information content (AvgIpc) is 2.81. The lowest BCUT2D eigenvalue weighted by atomic mass is 10.0. The van der Waals surface area contributed by atoms with Crippen molar-refractivity contribution in [2.45, 2.75) is 38.8 Å². The van der Waals surface area contributed by atoms with Crippen LogP contribution in [0.15, 0.2) is 54.6 Å². The van der Waals surface area contributed by atoms with Gasteiger partial charge in [-0.3, -0.25) is 9.59 Å². The molecule has 0 aliphatic heterocycles. The first-order valence-corrected chi connectivity index (χ1v) is 13.2. The molecule has 0 spiro atoms. The Morgan fingerprint density at radius 1 is 1.03 bits per heavy atom. The van der Waals surface area contributed by atoms with E-state index in [-0.39, 0.29) is 19.0 Å². The van der Waals surface area contributed by atoms with E-state index in [0.717, 1.165) is 34.5 Å². The van der Waals surface area contributed by atoms with Gasteiger partial charge in [0.1, 0.15) is 11.8 Å². The Hall–Kier alpha value is -2.91. The molecule has 0 aliphatic rings. The summed E-state index contributed by atoms with van der Waals surface area (Å²) < 4.78 is 30.1. The van der Waals surface area contributed by atoms with E-state index in [9.17, 15) is 18.0 Å². The van der Waals surface area contributed by atoms with Crippen molar-refractivity contribution in [3.63, 3.8) is 0 Å². The molecule has 0 bridgehead atoms. The van der Waals surface area contributed by atoms with Gasteiger partial charge in [0.25, 0.3) is 0 Å². The van der Waals surface area contributed by atoms with E-state index in [1.165, 1.54) is 11.9 Å². The monoisotopic (exact) mass is 489 g/mol. The molecule has 34 heavy (non-hydrogen) atoms. The Balaban J connectivity index is 2.41. The maximum atomic E-state index is 13.4. The zero-order valence-electron chi connectivity index (χ0n) is 20.4. The maximum absolute atomic E-state index is 13.4. The van der Waals surface area contributed by atoms with Crippen LogP contribution in [-0.2, 0) is 32.6 Å². The van der Waals surface area contributed by atoms with E-state index in [4.69, 9.17) is 4.74 Å². The summed E-state index contributed by atoms with van der Waals surface area (Å²) in [5.74, 6) is -0.0342. The Kier molecular flexibility index (Phi) is 10.5. The smallest absolute Gasteiger partial charge is 0.243 e. The van der Waals surface area contributed by atoms with Gasteiger partial charge in [0, 0.05) is 26.6 Å². The lowest BCUT2D eigenvalue weighted by Gasteiger charge is -2.32. The van der Waals surface area contributed by atoms with E-state index in [0.29, 0.717) is 18.7 Å². The van der Waals surface area contributed by atoms with Gasteiger partial charge in [-0.25, -0.2) is 8.42 Å². The number of benzene rings is 2. The fourth-order valence-electron chi connectivity index (χ4n) is 3.39. The summed E-state index contributed by atoms with van der Waals surface area (Å²) >= 11 is 0. The zero-order valence-corrected chi connectivity index (χ0v) is 21.2. The summed E-state index contributed by atoms with van der Waals surface area (Å²) in [6.07, 6.45) is 3.11. The van der Waals surface area contributed by atoms with Crippen LogP contribution in [0.3, 0.4) is 0 Å². The van der Waals surface area contributed by atoms with Gasteiger partial charge in [0.2, 0.25) is 21.8 Å². The predicted molar refractivity (Wildman–Crippen MR) is 133 cm³/mol. The van der Waals surface area contributed by atoms with E-state index >= 15 is 0 Å². The van der Waals surface area contributed by atoms with Crippen LogP contribution in [-0.4, -0.2) is 69.0 Å². The first kappa shape index (κ1) is 27.3. The minimum Gasteiger partial charge on any atom is -0.497 e. The molecule has 2 amide bonds. The summed E-state index contributed by atoms with van der Waals surface area (Å²) in [5.41, 5.74) is 1.71. The number of sulfonamides is 1. The molecule has 2 aromatic carbocycles. The number of carbonyl (C=O) groups is 2. The third kappa shape index (κ3) is 8.46. The van der Waals surface area contributed by atoms with Crippen molar-refractivity contribution >= 4 is 21.8 Å². The average molecular weight is 490 g/mol. The molecule has 2 rings (SSSR count). The minimum atomic E-state index is -3.57. The van der Waals surface area contributed by atoms with Crippen molar-refractivity contribution in [3.05, 3.63) is 65.7 Å². The SMILES string of the molecule is CCCCNC(=O)C(Cc1ccccc1)N(Cc1ccc(OC)cc1)C(=O)CN(C)S(C)(=O)=O. The molecule has 0 saturated heterocycles. The van der Waals surface area contributed by atoms with Crippen LogP contribution in [0, 0.1) is 0 Å². The van der Waals surface area contributed by atoms with Crippen LogP contribution in [0.4, 0.5) is 0 Å². The number of carbonyl (C=O) groups excluding carboxylic acids is 2. The van der Waals surface area contributed by atoms with Crippen molar-refractivity contribution in [2.75, 3.05) is 33.5 Å². The molecule has 0 saturated carbocycles. The highest BCUT2D eigenvalue weighted by molar-refractivity contribution is 7.88. The summed E-state index contributed by atoms with van der Waals surface area (Å²) in [7, 11) is -0.642. The highest BCUT2D eigenvalue weighted by Crippen LogP contribution is 2.18. The Morgan fingerprint density at radius 3 is 2.24 bits per heavy atom. The first-order valence-electron chi connectivity index (χ1n) is 11.3. The van der Waals surface area contributed by atoms with Crippen molar-refractivity contribution in [2.24, 2.45) is 0 Å². The van der Waals surface area contributed by atoms with Crippen molar-refractivity contribution in [1.29, 1.82) is 0 Å². The highest BCUT2D eigenvalue weighted by atomic mass is 32.2. The standard InChI is InChI=1S/C25H35N3O5S/c1-5-6-16-26-25(30)23(17-20-10-8-7-9-11-20)28(24(29)19-27(2)34(4,31)32)18-21-12-14-22(33-3)15-13-21/h7-15,23H,5-6,16-19H2,1-4H3,(H,26,30). The fraction of sp³-hybridized carbons (Fsp3) is 0.440. The lowest BCUT2D eigenvalue weighted by molar-refractivity contribution is -0.141. The number of likely N-dealkylation sites (N-methyl/N-ethyl adjacent to an activating group) is 1. The van der Waals surface area contributed by atoms with Crippen LogP contribution in [0.1, 0.15) is 30.9 Å². The summed E-state index contributed by atoms with van der Waals surface area (Å²) in [6, 6.07) is 15.9. The van der Waals surface area contributed by atoms with E-state index in [2.05, 4.69) is 5.32 Å². The van der Waals surface area contributed by atoms with Gasteiger partial charge in [0.05, 0.1) is 19.9 Å². The van der Waals surface area contributed by atoms with Gasteiger partial charge in [-0.05, 0) is 29.7 Å². The Morgan fingerprint density at radius 2 is 1.68 bits per heavy atom. The molecule has 1 unspecified atom stereocenters. The number of hydrogen-bond acceptors (Lipinski definition) is 5. The molecular weight excluding hydrogens is 454 g/mol. The number of amides is 2. The van der Waals surface area contributed by atoms with Gasteiger partial charge >= 0.3 is 0 Å². The number of ether oxygens (including phenoxy) is 1. The van der Waals surface area contributed by atoms with Gasteiger partial charge < -0.3 is 15.0 Å². The molecular formula is C25H35N3O5S. The van der Waals surface area contributed by atoms with Crippen molar-refractivity contribution in [1.82, 2.24) is 14.5 Å². The molecule has 0 fully saturated rings. The largest absolute Gasteiger partial charge is 0.497 e. The summed E-state index contributed by atoms with van der Waals surface area (Å²) in [6.45, 7) is 2.34. The lowest BCUT2D eigenvalue weighted by Crippen LogP contribution is -2.53. The van der Waals surface area contributed by atoms with E-state index < -0.39 is 22.0 Å². The highest BCUT2D eigenvalue weighted by Gasteiger charge is 2.31. The molecule has 0 aromatic heterocycles. The second kappa shape index (κ2) is 13.1. The molecule has 0 radical (unpaired) electrons. The van der Waals surface area contributed by atoms with Crippen LogP contribution in [0.25, 0.3) is 0 Å². The quantitative estimate of drug-likeness (QED) is 0.436. The zero-order chi connectivity index (χ0) is 25.1. The molecule has 0 aliphatic carbocycles. The third-order valence-electron chi connectivity index (χ3n) is 5.54. The molecule has 9 heteroatoms. The molecule has 1 N–H and O–H groups in total. The van der Waals surface area contributed by atoms with Gasteiger partial charge in [0.15, 0.2) is 0 Å². The molecule has 2 aromatic rings. The van der Waals surface area contributed by atoms with Gasteiger partial charge in [-0.2, -0.15) is 4.31 Å². The number of methoxy groups -OCH3 is 1. The summed E-state index contributed by atoms with van der Waals surface area (Å²) in [5, 5.41) is 2.94. The number of hydrogen-bond donors (Lipinski definition) is 1.